The molecule has 5 N–H and O–H groups in total. The van der Waals surface area contributed by atoms with E-state index in [2.05, 4.69) is 16.5 Å². The third kappa shape index (κ3) is 5.68. The fourth-order valence-corrected chi connectivity index (χ4v) is 1.88. The van der Waals surface area contributed by atoms with Crippen molar-refractivity contribution in [2.75, 3.05) is 18.9 Å². The number of hydrogen-bond donors (Lipinski definition) is 5. The lowest BCUT2D eigenvalue weighted by atomic mass is 10.1. The van der Waals surface area contributed by atoms with Crippen LogP contribution in [0.25, 0.3) is 10.9 Å². The number of hydrogen-bond acceptors (Lipinski definition) is 5. The Labute approximate surface area is 117 Å². The molecule has 0 spiro atoms. The standard InChI is InChI=1S/C10H12N2O.C2H6O4S/c13-12-6-5-8-7-11-10-4-2-1-3-9(8)10;3-1-2-7(4,5)6/h1-4,7,11-13H,5-6H2;3H,1-2H2,(H,4,5,6). The van der Waals surface area contributed by atoms with Gasteiger partial charge in [0, 0.05) is 23.6 Å². The van der Waals surface area contributed by atoms with Crippen molar-refractivity contribution in [3.8, 4) is 0 Å². The van der Waals surface area contributed by atoms with Gasteiger partial charge in [0.05, 0.1) is 12.4 Å². The maximum absolute atomic E-state index is 9.63. The molecule has 8 heteroatoms. The van der Waals surface area contributed by atoms with Crippen LogP contribution in [0.3, 0.4) is 0 Å². The highest BCUT2D eigenvalue weighted by atomic mass is 32.2. The van der Waals surface area contributed by atoms with Crippen LogP contribution in [0.1, 0.15) is 5.56 Å². The Morgan fingerprint density at radius 1 is 1.25 bits per heavy atom. The lowest BCUT2D eigenvalue weighted by Crippen LogP contribution is -2.10. The molecular formula is C12H18N2O5S. The van der Waals surface area contributed by atoms with Gasteiger partial charge in [-0.25, -0.2) is 5.48 Å². The van der Waals surface area contributed by atoms with Gasteiger partial charge >= 0.3 is 0 Å². The smallest absolute Gasteiger partial charge is 0.267 e. The van der Waals surface area contributed by atoms with E-state index in [9.17, 15) is 8.42 Å². The molecule has 0 fully saturated rings. The molecule has 0 amide bonds. The zero-order valence-corrected chi connectivity index (χ0v) is 11.6. The summed E-state index contributed by atoms with van der Waals surface area (Å²) >= 11 is 0. The third-order valence-electron chi connectivity index (χ3n) is 2.53. The molecule has 0 saturated carbocycles. The molecule has 0 unspecified atom stereocenters. The van der Waals surface area contributed by atoms with Gasteiger partial charge in [0.25, 0.3) is 10.1 Å². The molecule has 2 rings (SSSR count). The summed E-state index contributed by atoms with van der Waals surface area (Å²) < 4.78 is 27.1. The number of aliphatic hydroxyl groups is 1. The predicted octanol–water partition coefficient (Wildman–Crippen LogP) is 0.556. The maximum Gasteiger partial charge on any atom is 0.267 e. The second kappa shape index (κ2) is 7.98. The number of aromatic nitrogens is 1. The van der Waals surface area contributed by atoms with Gasteiger partial charge in [0.2, 0.25) is 0 Å². The van der Waals surface area contributed by atoms with E-state index >= 15 is 0 Å². The van der Waals surface area contributed by atoms with Gasteiger partial charge in [-0.05, 0) is 18.1 Å². The van der Waals surface area contributed by atoms with Crippen molar-refractivity contribution in [2.24, 2.45) is 0 Å². The molecular weight excluding hydrogens is 284 g/mol. The molecule has 0 atom stereocenters. The topological polar surface area (TPSA) is 123 Å². The van der Waals surface area contributed by atoms with Gasteiger partial charge in [-0.1, -0.05) is 18.2 Å². The average Bonchev–Trinajstić information content (AvgIpc) is 2.79. The molecule has 0 aliphatic rings. The van der Waals surface area contributed by atoms with Crippen LogP contribution in [0.2, 0.25) is 0 Å². The highest BCUT2D eigenvalue weighted by molar-refractivity contribution is 7.85. The molecule has 0 aliphatic heterocycles. The van der Waals surface area contributed by atoms with Crippen molar-refractivity contribution < 1.29 is 23.3 Å². The van der Waals surface area contributed by atoms with E-state index < -0.39 is 22.5 Å². The first-order valence-corrected chi connectivity index (χ1v) is 7.57. The van der Waals surface area contributed by atoms with Gasteiger partial charge in [-0.15, -0.1) is 0 Å². The minimum Gasteiger partial charge on any atom is -0.395 e. The second-order valence-corrected chi connectivity index (χ2v) is 5.60. The van der Waals surface area contributed by atoms with Crippen LogP contribution < -0.4 is 5.48 Å². The molecule has 20 heavy (non-hydrogen) atoms. The van der Waals surface area contributed by atoms with E-state index in [1.807, 2.05) is 24.4 Å². The van der Waals surface area contributed by atoms with Crippen molar-refractivity contribution in [1.82, 2.24) is 10.5 Å². The summed E-state index contributed by atoms with van der Waals surface area (Å²) in [5.74, 6) is -0.576. The summed E-state index contributed by atoms with van der Waals surface area (Å²) in [4.78, 5) is 3.19. The number of rotatable bonds is 5. The number of benzene rings is 1. The molecule has 0 aliphatic carbocycles. The van der Waals surface area contributed by atoms with Gasteiger partial charge < -0.3 is 15.3 Å². The van der Waals surface area contributed by atoms with E-state index in [1.54, 1.807) is 0 Å². The zero-order valence-electron chi connectivity index (χ0n) is 10.8. The molecule has 1 aromatic carbocycles. The van der Waals surface area contributed by atoms with E-state index in [0.29, 0.717) is 6.54 Å². The van der Waals surface area contributed by atoms with Gasteiger partial charge in [0.15, 0.2) is 0 Å². The maximum atomic E-state index is 9.63. The van der Waals surface area contributed by atoms with E-state index in [4.69, 9.17) is 14.9 Å². The van der Waals surface area contributed by atoms with Crippen LogP contribution in [-0.2, 0) is 16.5 Å². The lowest BCUT2D eigenvalue weighted by Gasteiger charge is -1.96. The average molecular weight is 302 g/mol. The van der Waals surface area contributed by atoms with Crippen molar-refractivity contribution in [1.29, 1.82) is 0 Å². The fourth-order valence-electron chi connectivity index (χ4n) is 1.64. The van der Waals surface area contributed by atoms with Crippen molar-refractivity contribution in [2.45, 2.75) is 6.42 Å². The van der Waals surface area contributed by atoms with E-state index in [0.717, 1.165) is 11.9 Å². The molecule has 0 radical (unpaired) electrons. The Morgan fingerprint density at radius 3 is 2.50 bits per heavy atom. The number of aliphatic hydroxyl groups excluding tert-OH is 1. The Kier molecular flexibility index (Phi) is 6.62. The van der Waals surface area contributed by atoms with Crippen LogP contribution in [0.4, 0.5) is 0 Å². The Morgan fingerprint density at radius 2 is 1.95 bits per heavy atom. The molecule has 112 valence electrons. The summed E-state index contributed by atoms with van der Waals surface area (Å²) in [6, 6.07) is 8.16. The first-order valence-electron chi connectivity index (χ1n) is 5.96. The molecule has 1 heterocycles. The molecule has 0 saturated heterocycles. The number of aromatic amines is 1. The van der Waals surface area contributed by atoms with Gasteiger partial charge in [0.1, 0.15) is 0 Å². The summed E-state index contributed by atoms with van der Waals surface area (Å²) in [6.07, 6.45) is 2.82. The molecule has 7 nitrogen and oxygen atoms in total. The number of H-pyrrole nitrogens is 1. The van der Waals surface area contributed by atoms with Crippen LogP contribution in [0, 0.1) is 0 Å². The predicted molar refractivity (Wildman–Crippen MR) is 75.3 cm³/mol. The van der Waals surface area contributed by atoms with Crippen molar-refractivity contribution in [3.05, 3.63) is 36.0 Å². The highest BCUT2D eigenvalue weighted by Gasteiger charge is 2.01. The number of nitrogens with one attached hydrogen (secondary N) is 2. The Balaban J connectivity index is 0.000000246. The fraction of sp³-hybridized carbons (Fsp3) is 0.333. The van der Waals surface area contributed by atoms with Crippen LogP contribution in [0.15, 0.2) is 30.5 Å². The molecule has 1 aromatic heterocycles. The quantitative estimate of drug-likeness (QED) is 0.406. The first kappa shape index (κ1) is 16.6. The summed E-state index contributed by atoms with van der Waals surface area (Å²) in [5.41, 5.74) is 4.54. The third-order valence-corrected chi connectivity index (χ3v) is 3.23. The lowest BCUT2D eigenvalue weighted by molar-refractivity contribution is 0.168. The summed E-state index contributed by atoms with van der Waals surface area (Å²) in [5, 5.41) is 17.6. The minimum absolute atomic E-state index is 0.529. The SMILES string of the molecule is O=S(=O)(O)CCO.ONCCc1c[nH]c2ccccc12. The summed E-state index contributed by atoms with van der Waals surface area (Å²) in [6.45, 7) is 0.0562. The van der Waals surface area contributed by atoms with Crippen LogP contribution in [0.5, 0.6) is 0 Å². The van der Waals surface area contributed by atoms with Gasteiger partial charge in [-0.2, -0.15) is 8.42 Å². The number of hydroxylamine groups is 1. The van der Waals surface area contributed by atoms with E-state index in [1.165, 1.54) is 10.9 Å². The molecule has 2 aromatic rings. The minimum atomic E-state index is -3.92. The normalized spacial score (nSPS) is 11.2. The Bertz CT molecular complexity index is 624. The Hall–Kier alpha value is -1.45. The number of para-hydroxylation sites is 1. The van der Waals surface area contributed by atoms with Crippen molar-refractivity contribution >= 4 is 21.0 Å². The number of fused-ring (bicyclic) bond motifs is 1. The largest absolute Gasteiger partial charge is 0.395 e. The monoisotopic (exact) mass is 302 g/mol. The second-order valence-electron chi connectivity index (χ2n) is 4.03. The zero-order chi connectivity index (χ0) is 15.0. The van der Waals surface area contributed by atoms with Crippen LogP contribution >= 0.6 is 0 Å². The van der Waals surface area contributed by atoms with Crippen molar-refractivity contribution in [3.63, 3.8) is 0 Å². The first-order chi connectivity index (χ1) is 9.48. The highest BCUT2D eigenvalue weighted by Crippen LogP contribution is 2.17. The molecule has 0 bridgehead atoms. The summed E-state index contributed by atoms with van der Waals surface area (Å²) in [7, 11) is -3.92. The van der Waals surface area contributed by atoms with E-state index in [-0.39, 0.29) is 0 Å². The van der Waals surface area contributed by atoms with Gasteiger partial charge in [-0.3, -0.25) is 4.55 Å². The van der Waals surface area contributed by atoms with Crippen LogP contribution in [-0.4, -0.2) is 47.2 Å².